The minimum absolute atomic E-state index is 0. The number of hydrogen-bond donors (Lipinski definition) is 0. The second-order valence-corrected chi connectivity index (χ2v) is 11.4. The Kier molecular flexibility index (Phi) is 15.6. The molecule has 0 unspecified atom stereocenters. The first kappa shape index (κ1) is 30.5. The smallest absolute Gasteiger partial charge is 0.102 e. The van der Waals surface area contributed by atoms with Gasteiger partial charge in [0, 0.05) is 20.1 Å². The molecule has 1 radical (unpaired) electrons. The molecule has 0 amide bonds. The van der Waals surface area contributed by atoms with E-state index in [0.29, 0.717) is 0 Å². The van der Waals surface area contributed by atoms with Gasteiger partial charge in [0.05, 0.1) is 13.2 Å². The average molecular weight is 679 g/mol. The molecule has 0 N–H and O–H groups in total. The Morgan fingerprint density at radius 2 is 1.17 bits per heavy atom. The molecule has 0 atom stereocenters. The fourth-order valence-corrected chi connectivity index (χ4v) is 7.16. The molecule has 4 heteroatoms. The maximum atomic E-state index is 5.00. The molecule has 0 saturated carbocycles. The van der Waals surface area contributed by atoms with E-state index >= 15 is 0 Å². The third-order valence-corrected chi connectivity index (χ3v) is 9.33. The van der Waals surface area contributed by atoms with Gasteiger partial charge in [-0.25, -0.2) is 0 Å². The predicted octanol–water partition coefficient (Wildman–Crippen LogP) is 7.42. The predicted molar refractivity (Wildman–Crippen MR) is 159 cm³/mol. The van der Waals surface area contributed by atoms with Gasteiger partial charge in [0.2, 0.25) is 0 Å². The van der Waals surface area contributed by atoms with Gasteiger partial charge in [0.1, 0.15) is 10.6 Å². The molecule has 0 saturated heterocycles. The van der Waals surface area contributed by atoms with Gasteiger partial charge in [-0.15, -0.1) is 6.54 Å². The molecule has 0 aliphatic heterocycles. The van der Waals surface area contributed by atoms with E-state index in [1.165, 1.54) is 54.4 Å². The van der Waals surface area contributed by atoms with Gasteiger partial charge in [-0.05, 0) is 75.6 Å². The van der Waals surface area contributed by atoms with Crippen molar-refractivity contribution in [2.24, 2.45) is 0 Å². The summed E-state index contributed by atoms with van der Waals surface area (Å²) in [6.45, 7) is 8.44. The number of allylic oxidation sites excluding steroid dienone is 2. The summed E-state index contributed by atoms with van der Waals surface area (Å²) in [6, 6.07) is 30.5. The summed E-state index contributed by atoms with van der Waals surface area (Å²) in [7, 11) is -1.08. The second kappa shape index (κ2) is 18.5. The normalized spacial score (nSPS) is 14.1. The SMILES string of the molecule is C1=C\CCCCCC/1.CCN(CC)CC[N-]c1ccccc1[PH+](c1ccccc1)c1ccccc1.[Ir]. The van der Waals surface area contributed by atoms with Gasteiger partial charge in [0.15, 0.2) is 0 Å². The molecule has 2 nitrogen and oxygen atoms in total. The third-order valence-electron chi connectivity index (χ3n) is 6.55. The van der Waals surface area contributed by atoms with Crippen LogP contribution in [-0.4, -0.2) is 31.1 Å². The quantitative estimate of drug-likeness (QED) is 0.170. The Balaban J connectivity index is 0.000000433. The number of hydrogen-bond acceptors (Lipinski definition) is 1. The molecule has 1 aliphatic carbocycles. The van der Waals surface area contributed by atoms with Crippen molar-refractivity contribution in [1.29, 1.82) is 0 Å². The van der Waals surface area contributed by atoms with Crippen LogP contribution in [-0.2, 0) is 20.1 Å². The second-order valence-electron chi connectivity index (χ2n) is 9.00. The van der Waals surface area contributed by atoms with E-state index in [-0.39, 0.29) is 20.1 Å². The van der Waals surface area contributed by atoms with Crippen molar-refractivity contribution in [2.75, 3.05) is 26.2 Å². The van der Waals surface area contributed by atoms with Crippen LogP contribution in [0.5, 0.6) is 0 Å². The zero-order chi connectivity index (χ0) is 24.6. The molecule has 0 spiro atoms. The average Bonchev–Trinajstić information content (AvgIpc) is 2.89. The maximum absolute atomic E-state index is 5.00. The molecule has 195 valence electrons. The Morgan fingerprint density at radius 3 is 1.69 bits per heavy atom. The van der Waals surface area contributed by atoms with Crippen LogP contribution in [0.3, 0.4) is 0 Å². The van der Waals surface area contributed by atoms with Crippen LogP contribution in [0.2, 0.25) is 0 Å². The summed E-state index contributed by atoms with van der Waals surface area (Å²) < 4.78 is 0. The van der Waals surface area contributed by atoms with Gasteiger partial charge in [0.25, 0.3) is 0 Å². The fraction of sp³-hybridized carbons (Fsp3) is 0.375. The zero-order valence-corrected chi connectivity index (χ0v) is 25.4. The molecular weight excluding hydrogens is 636 g/mol. The van der Waals surface area contributed by atoms with Crippen LogP contribution >= 0.6 is 7.92 Å². The van der Waals surface area contributed by atoms with Gasteiger partial charge in [-0.1, -0.05) is 99.1 Å². The monoisotopic (exact) mass is 679 g/mol. The van der Waals surface area contributed by atoms with Crippen molar-refractivity contribution in [2.45, 2.75) is 52.4 Å². The molecule has 0 heterocycles. The van der Waals surface area contributed by atoms with E-state index < -0.39 is 7.92 Å². The summed E-state index contributed by atoms with van der Waals surface area (Å²) in [5.41, 5.74) is 1.14. The first-order valence-electron chi connectivity index (χ1n) is 13.5. The summed E-state index contributed by atoms with van der Waals surface area (Å²) in [5, 5.41) is 9.18. The molecule has 1 aliphatic rings. The van der Waals surface area contributed by atoms with Crippen molar-refractivity contribution in [3.8, 4) is 0 Å². The van der Waals surface area contributed by atoms with E-state index in [1.807, 2.05) is 0 Å². The Labute approximate surface area is 234 Å². The number of likely N-dealkylation sites (N-methyl/N-ethyl adjacent to an activating group) is 1. The minimum atomic E-state index is -1.08. The van der Waals surface area contributed by atoms with E-state index in [4.69, 9.17) is 5.32 Å². The van der Waals surface area contributed by atoms with Crippen molar-refractivity contribution in [3.05, 3.63) is 102 Å². The fourth-order valence-electron chi connectivity index (χ4n) is 4.48. The molecular formula is C32H43IrN2P. The van der Waals surface area contributed by atoms with E-state index in [0.717, 1.165) is 31.9 Å². The van der Waals surface area contributed by atoms with Gasteiger partial charge >= 0.3 is 0 Å². The van der Waals surface area contributed by atoms with Crippen molar-refractivity contribution < 1.29 is 20.1 Å². The molecule has 4 rings (SSSR count). The van der Waals surface area contributed by atoms with E-state index in [2.05, 4.69) is 116 Å². The largest absolute Gasteiger partial charge is 0.680 e. The minimum Gasteiger partial charge on any atom is -0.680 e. The Bertz CT molecular complexity index is 924. The first-order chi connectivity index (χ1) is 17.3. The summed E-state index contributed by atoms with van der Waals surface area (Å²) in [4.78, 5) is 2.42. The van der Waals surface area contributed by atoms with Gasteiger partial charge in [-0.3, -0.25) is 0 Å². The third kappa shape index (κ3) is 10.3. The van der Waals surface area contributed by atoms with Crippen LogP contribution in [0, 0.1) is 0 Å². The topological polar surface area (TPSA) is 17.3 Å². The summed E-state index contributed by atoms with van der Waals surface area (Å²) in [6.07, 6.45) is 13.0. The van der Waals surface area contributed by atoms with E-state index in [1.54, 1.807) is 0 Å². The Hall–Kier alpha value is -1.76. The van der Waals surface area contributed by atoms with Crippen LogP contribution < -0.4 is 15.9 Å². The van der Waals surface area contributed by atoms with Crippen LogP contribution in [0.1, 0.15) is 52.4 Å². The summed E-state index contributed by atoms with van der Waals surface area (Å²) in [5.74, 6) is 0. The number of rotatable bonds is 9. The molecule has 3 aromatic rings. The van der Waals surface area contributed by atoms with Gasteiger partial charge in [-0.2, -0.15) is 0 Å². The van der Waals surface area contributed by atoms with Crippen molar-refractivity contribution in [3.63, 3.8) is 0 Å². The Morgan fingerprint density at radius 1 is 0.667 bits per heavy atom. The summed E-state index contributed by atoms with van der Waals surface area (Å²) >= 11 is 0. The van der Waals surface area contributed by atoms with Crippen LogP contribution in [0.15, 0.2) is 97.1 Å². The number of benzene rings is 3. The number of nitrogens with zero attached hydrogens (tertiary/aromatic N) is 2. The first-order valence-corrected chi connectivity index (χ1v) is 15.0. The number of para-hydroxylation sites is 1. The van der Waals surface area contributed by atoms with Gasteiger partial charge < -0.3 is 10.2 Å². The maximum Gasteiger partial charge on any atom is 0.102 e. The van der Waals surface area contributed by atoms with Crippen LogP contribution in [0.25, 0.3) is 5.32 Å². The molecule has 0 fully saturated rings. The van der Waals surface area contributed by atoms with Crippen molar-refractivity contribution >= 4 is 29.5 Å². The van der Waals surface area contributed by atoms with E-state index in [9.17, 15) is 0 Å². The molecule has 3 aromatic carbocycles. The standard InChI is InChI=1S/C24H28N2P.C8H14.Ir/c1-3-26(4-2)20-19-25-23-17-11-12-18-24(23)27(21-13-7-5-8-14-21)22-15-9-6-10-16-22;1-2-4-6-8-7-5-3-1;/h5-18H,3-4,19-20H2,1-2H3;1-2H,3-8H2;/q-1;;/p+1/b;2-1-;. The zero-order valence-electron chi connectivity index (χ0n) is 22.0. The van der Waals surface area contributed by atoms with Crippen LogP contribution in [0.4, 0.5) is 5.69 Å². The molecule has 0 aromatic heterocycles. The molecule has 0 bridgehead atoms. The van der Waals surface area contributed by atoms with Crippen molar-refractivity contribution in [1.82, 2.24) is 4.90 Å². The molecule has 36 heavy (non-hydrogen) atoms.